The fourth-order valence-electron chi connectivity index (χ4n) is 4.42. The number of rotatable bonds is 5. The fraction of sp³-hybridized carbons (Fsp3) is 0.320. The van der Waals surface area contributed by atoms with Crippen LogP contribution in [0.25, 0.3) is 10.9 Å². The Labute approximate surface area is 224 Å². The van der Waals surface area contributed by atoms with Crippen LogP contribution in [-0.4, -0.2) is 64.7 Å². The first-order valence-corrected chi connectivity index (χ1v) is 11.9. The summed E-state index contributed by atoms with van der Waals surface area (Å²) in [6.07, 6.45) is 4.28. The molecule has 1 fully saturated rings. The van der Waals surface area contributed by atoms with E-state index in [-0.39, 0.29) is 30.1 Å². The number of anilines is 1. The summed E-state index contributed by atoms with van der Waals surface area (Å²) in [5.74, 6) is -2.45. The molecule has 0 aliphatic heterocycles. The molecule has 37 heavy (non-hydrogen) atoms. The van der Waals surface area contributed by atoms with Crippen LogP contribution in [0.4, 0.5) is 5.69 Å². The van der Waals surface area contributed by atoms with Crippen LogP contribution >= 0.6 is 24.0 Å². The number of pyridine rings is 1. The maximum atomic E-state index is 13.0. The molecule has 2 aromatic heterocycles. The summed E-state index contributed by atoms with van der Waals surface area (Å²) in [5.41, 5.74) is 1.54. The molecule has 0 bridgehead atoms. The number of H-pyrrole nitrogens is 1. The van der Waals surface area contributed by atoms with Gasteiger partial charge in [0.25, 0.3) is 5.91 Å². The number of carbonyl (C=O) groups excluding carboxylic acids is 4. The zero-order valence-corrected chi connectivity index (χ0v) is 21.9. The standard InChI is InChI=1S/C25H27ClN6O4.ClH/c1-32(2)25(36)14-3-5-19(30-22(33)21-13-15-11-16(26)4-6-18(15)29-21)20(12-14)31-24(35)23(34)28-17-7-9-27-10-8-17;/h4,6-11,13-14,19-20,29H,3,5,12H2,1-2H3,(H,30,33)(H,31,35)(H,27,28,34);1H/t14-,19+,20+;/m0./s1. The van der Waals surface area contributed by atoms with E-state index in [1.54, 1.807) is 50.5 Å². The predicted molar refractivity (Wildman–Crippen MR) is 143 cm³/mol. The van der Waals surface area contributed by atoms with Gasteiger partial charge in [0, 0.05) is 60.1 Å². The lowest BCUT2D eigenvalue weighted by atomic mass is 9.81. The number of carbonyl (C=O) groups is 4. The molecule has 4 rings (SSSR count). The largest absolute Gasteiger partial charge is 0.351 e. The van der Waals surface area contributed by atoms with Gasteiger partial charge in [0.2, 0.25) is 5.91 Å². The number of aromatic amines is 1. The molecule has 1 aromatic carbocycles. The highest BCUT2D eigenvalue weighted by Gasteiger charge is 2.37. The molecule has 12 heteroatoms. The number of nitrogens with one attached hydrogen (secondary N) is 4. The Bertz CT molecular complexity index is 1300. The van der Waals surface area contributed by atoms with Gasteiger partial charge in [0.1, 0.15) is 5.69 Å². The smallest absolute Gasteiger partial charge is 0.313 e. The second-order valence-corrected chi connectivity index (χ2v) is 9.44. The first kappa shape index (κ1) is 27.9. The number of hydrogen-bond donors (Lipinski definition) is 4. The van der Waals surface area contributed by atoms with Gasteiger partial charge in [-0.2, -0.15) is 0 Å². The van der Waals surface area contributed by atoms with Crippen LogP contribution in [0.3, 0.4) is 0 Å². The Morgan fingerprint density at radius 1 is 0.973 bits per heavy atom. The monoisotopic (exact) mass is 546 g/mol. The van der Waals surface area contributed by atoms with E-state index in [1.807, 2.05) is 0 Å². The molecular weight excluding hydrogens is 519 g/mol. The predicted octanol–water partition coefficient (Wildman–Crippen LogP) is 2.75. The van der Waals surface area contributed by atoms with Gasteiger partial charge < -0.3 is 25.8 Å². The number of benzene rings is 1. The molecule has 10 nitrogen and oxygen atoms in total. The quantitative estimate of drug-likeness (QED) is 0.365. The number of halogens is 2. The fourth-order valence-corrected chi connectivity index (χ4v) is 4.60. The second-order valence-electron chi connectivity index (χ2n) is 9.01. The first-order chi connectivity index (χ1) is 17.2. The summed E-state index contributed by atoms with van der Waals surface area (Å²) in [7, 11) is 3.35. The highest BCUT2D eigenvalue weighted by atomic mass is 35.5. The molecule has 0 radical (unpaired) electrons. The summed E-state index contributed by atoms with van der Waals surface area (Å²) in [4.78, 5) is 59.3. The van der Waals surface area contributed by atoms with E-state index >= 15 is 0 Å². The van der Waals surface area contributed by atoms with Gasteiger partial charge in [0.05, 0.1) is 6.04 Å². The average Bonchev–Trinajstić information content (AvgIpc) is 3.28. The molecule has 4 N–H and O–H groups in total. The Morgan fingerprint density at radius 3 is 2.41 bits per heavy atom. The summed E-state index contributed by atoms with van der Waals surface area (Å²) in [6, 6.07) is 9.01. The molecule has 0 spiro atoms. The number of hydrogen-bond acceptors (Lipinski definition) is 5. The van der Waals surface area contributed by atoms with Crippen molar-refractivity contribution >= 4 is 64.2 Å². The van der Waals surface area contributed by atoms with Gasteiger partial charge in [0.15, 0.2) is 0 Å². The van der Waals surface area contributed by atoms with E-state index in [1.165, 1.54) is 17.3 Å². The maximum Gasteiger partial charge on any atom is 0.313 e. The lowest BCUT2D eigenvalue weighted by Crippen LogP contribution is -2.57. The van der Waals surface area contributed by atoms with E-state index in [0.717, 1.165) is 10.9 Å². The highest BCUT2D eigenvalue weighted by molar-refractivity contribution is 6.39. The number of fused-ring (bicyclic) bond motifs is 1. The zero-order valence-electron chi connectivity index (χ0n) is 20.3. The summed E-state index contributed by atoms with van der Waals surface area (Å²) in [6.45, 7) is 0. The van der Waals surface area contributed by atoms with Crippen molar-refractivity contribution in [2.24, 2.45) is 5.92 Å². The third-order valence-corrected chi connectivity index (χ3v) is 6.48. The SMILES string of the molecule is CN(C)C(=O)[C@H]1CC[C@@H](NC(=O)c2cc3cc(Cl)ccc3[nH]2)[C@H](NC(=O)C(=O)Nc2ccncc2)C1.Cl. The van der Waals surface area contributed by atoms with Crippen molar-refractivity contribution < 1.29 is 19.2 Å². The molecular formula is C25H28Cl2N6O4. The molecule has 3 aromatic rings. The van der Waals surface area contributed by atoms with Crippen LogP contribution in [0.2, 0.25) is 5.02 Å². The lowest BCUT2D eigenvalue weighted by molar-refractivity contribution is -0.138. The molecule has 1 saturated carbocycles. The van der Waals surface area contributed by atoms with E-state index in [9.17, 15) is 19.2 Å². The van der Waals surface area contributed by atoms with Gasteiger partial charge >= 0.3 is 11.8 Å². The van der Waals surface area contributed by atoms with E-state index in [0.29, 0.717) is 35.7 Å². The van der Waals surface area contributed by atoms with E-state index in [4.69, 9.17) is 11.6 Å². The Balaban J connectivity index is 0.00000380. The van der Waals surface area contributed by atoms with Crippen molar-refractivity contribution in [3.63, 3.8) is 0 Å². The van der Waals surface area contributed by atoms with Crippen molar-refractivity contribution in [1.29, 1.82) is 0 Å². The van der Waals surface area contributed by atoms with Crippen LogP contribution in [0.15, 0.2) is 48.8 Å². The normalized spacial score (nSPS) is 18.8. The maximum absolute atomic E-state index is 13.0. The zero-order chi connectivity index (χ0) is 25.8. The van der Waals surface area contributed by atoms with Crippen LogP contribution in [0.1, 0.15) is 29.8 Å². The van der Waals surface area contributed by atoms with Crippen LogP contribution < -0.4 is 16.0 Å². The number of nitrogens with zero attached hydrogens (tertiary/aromatic N) is 2. The van der Waals surface area contributed by atoms with Gasteiger partial charge in [-0.25, -0.2) is 0 Å². The Hall–Kier alpha value is -3.63. The lowest BCUT2D eigenvalue weighted by Gasteiger charge is -2.37. The summed E-state index contributed by atoms with van der Waals surface area (Å²) < 4.78 is 0. The topological polar surface area (TPSA) is 136 Å². The Kier molecular flexibility index (Phi) is 9.12. The van der Waals surface area contributed by atoms with Crippen LogP contribution in [0.5, 0.6) is 0 Å². The van der Waals surface area contributed by atoms with Crippen molar-refractivity contribution in [2.75, 3.05) is 19.4 Å². The first-order valence-electron chi connectivity index (χ1n) is 11.5. The third-order valence-electron chi connectivity index (χ3n) is 6.25. The van der Waals surface area contributed by atoms with Gasteiger partial charge in [-0.05, 0) is 55.7 Å². The molecule has 1 aliphatic carbocycles. The van der Waals surface area contributed by atoms with Gasteiger partial charge in [-0.15, -0.1) is 12.4 Å². The van der Waals surface area contributed by atoms with Crippen molar-refractivity contribution in [1.82, 2.24) is 25.5 Å². The summed E-state index contributed by atoms with van der Waals surface area (Å²) in [5, 5.41) is 9.56. The van der Waals surface area contributed by atoms with Gasteiger partial charge in [-0.3, -0.25) is 24.2 Å². The van der Waals surface area contributed by atoms with Gasteiger partial charge in [-0.1, -0.05) is 11.6 Å². The highest BCUT2D eigenvalue weighted by Crippen LogP contribution is 2.27. The Morgan fingerprint density at radius 2 is 1.70 bits per heavy atom. The van der Waals surface area contributed by atoms with Crippen molar-refractivity contribution in [3.05, 3.63) is 59.5 Å². The molecule has 4 amide bonds. The average molecular weight is 547 g/mol. The van der Waals surface area contributed by atoms with Crippen LogP contribution in [0, 0.1) is 5.92 Å². The van der Waals surface area contributed by atoms with Crippen molar-refractivity contribution in [2.45, 2.75) is 31.3 Å². The van der Waals surface area contributed by atoms with Crippen molar-refractivity contribution in [3.8, 4) is 0 Å². The third kappa shape index (κ3) is 6.78. The van der Waals surface area contributed by atoms with E-state index in [2.05, 4.69) is 25.9 Å². The summed E-state index contributed by atoms with van der Waals surface area (Å²) >= 11 is 6.05. The molecule has 0 unspecified atom stereocenters. The minimum absolute atomic E-state index is 0. The minimum Gasteiger partial charge on any atom is -0.351 e. The molecule has 2 heterocycles. The molecule has 196 valence electrons. The number of aromatic nitrogens is 2. The molecule has 1 aliphatic rings. The minimum atomic E-state index is -0.853. The second kappa shape index (κ2) is 12.1. The molecule has 0 saturated heterocycles. The van der Waals surface area contributed by atoms with Crippen LogP contribution in [-0.2, 0) is 14.4 Å². The number of amides is 4. The molecule has 3 atom stereocenters. The van der Waals surface area contributed by atoms with E-state index < -0.39 is 23.9 Å².